The molecule has 2 unspecified atom stereocenters. The summed E-state index contributed by atoms with van der Waals surface area (Å²) in [6.45, 7) is 1.82. The van der Waals surface area contributed by atoms with E-state index in [1.54, 1.807) is 6.07 Å². The summed E-state index contributed by atoms with van der Waals surface area (Å²) in [7, 11) is 1.83. The van der Waals surface area contributed by atoms with Gasteiger partial charge in [0.25, 0.3) is 0 Å². The van der Waals surface area contributed by atoms with Gasteiger partial charge < -0.3 is 20.7 Å². The molecule has 5 heterocycles. The molecule has 3 saturated heterocycles. The first-order valence-corrected chi connectivity index (χ1v) is 15.0. The van der Waals surface area contributed by atoms with Crippen LogP contribution in [0.5, 0.6) is 6.01 Å². The minimum atomic E-state index is -0.938. The maximum Gasteiger partial charge on any atom is 0.319 e. The van der Waals surface area contributed by atoms with E-state index in [-0.39, 0.29) is 73.1 Å². The molecule has 7 rings (SSSR count). The number of halogens is 4. The number of nitriles is 1. The van der Waals surface area contributed by atoms with Crippen molar-refractivity contribution >= 4 is 54.7 Å². The van der Waals surface area contributed by atoms with Gasteiger partial charge in [-0.25, -0.2) is 13.2 Å². The molecule has 4 aromatic rings. The summed E-state index contributed by atoms with van der Waals surface area (Å²) in [5.74, 6) is -0.802. The fourth-order valence-electron chi connectivity index (χ4n) is 6.57. The summed E-state index contributed by atoms with van der Waals surface area (Å²) in [4.78, 5) is 13.2. The Bertz CT molecular complexity index is 1770. The van der Waals surface area contributed by atoms with Crippen LogP contribution < -0.4 is 20.7 Å². The van der Waals surface area contributed by atoms with Gasteiger partial charge in [0.2, 0.25) is 0 Å². The Morgan fingerprint density at radius 3 is 2.67 bits per heavy atom. The molecule has 3 aliphatic heterocycles. The first-order chi connectivity index (χ1) is 20.2. The number of likely N-dealkylation sites (tertiary alicyclic amines) is 1. The maximum atomic E-state index is 16.7. The minimum Gasteiger partial charge on any atom is -0.462 e. The van der Waals surface area contributed by atoms with E-state index >= 15 is 4.39 Å². The zero-order valence-corrected chi connectivity index (χ0v) is 24.2. The summed E-state index contributed by atoms with van der Waals surface area (Å²) in [5.41, 5.74) is 6.30. The molecule has 8 nitrogen and oxygen atoms in total. The Labute approximate surface area is 248 Å². The summed E-state index contributed by atoms with van der Waals surface area (Å²) in [5, 5.41) is 14.2. The molecule has 42 heavy (non-hydrogen) atoms. The van der Waals surface area contributed by atoms with E-state index in [9.17, 15) is 14.0 Å². The van der Waals surface area contributed by atoms with Crippen LogP contribution in [0.15, 0.2) is 18.2 Å². The number of benzene rings is 2. The number of fused-ring (bicyclic) bond motifs is 4. The van der Waals surface area contributed by atoms with Crippen LogP contribution in [-0.4, -0.2) is 72.5 Å². The van der Waals surface area contributed by atoms with E-state index < -0.39 is 17.8 Å². The van der Waals surface area contributed by atoms with E-state index in [1.807, 2.05) is 18.0 Å². The van der Waals surface area contributed by atoms with Crippen LogP contribution in [0, 0.1) is 23.0 Å². The number of aromatic nitrogens is 2. The highest BCUT2D eigenvalue weighted by atomic mass is 35.5. The van der Waals surface area contributed by atoms with Crippen LogP contribution in [0.3, 0.4) is 0 Å². The topological polar surface area (TPSA) is 103 Å². The number of piperazine rings is 1. The Hall–Kier alpha value is -3.37. The van der Waals surface area contributed by atoms with Gasteiger partial charge in [0, 0.05) is 54.1 Å². The lowest BCUT2D eigenvalue weighted by Gasteiger charge is -2.34. The van der Waals surface area contributed by atoms with Gasteiger partial charge in [-0.15, -0.1) is 11.3 Å². The van der Waals surface area contributed by atoms with Crippen LogP contribution in [0.25, 0.3) is 32.1 Å². The maximum absolute atomic E-state index is 16.7. The third-order valence-corrected chi connectivity index (χ3v) is 9.93. The second kappa shape index (κ2) is 10.4. The zero-order chi connectivity index (χ0) is 29.3. The number of nitrogens with zero attached hydrogens (tertiary/aromatic N) is 5. The van der Waals surface area contributed by atoms with Crippen LogP contribution in [-0.2, 0) is 0 Å². The molecule has 0 spiro atoms. The van der Waals surface area contributed by atoms with Crippen molar-refractivity contribution in [3.8, 4) is 23.2 Å². The third kappa shape index (κ3) is 4.50. The number of anilines is 2. The Morgan fingerprint density at radius 1 is 1.21 bits per heavy atom. The molecule has 0 aliphatic carbocycles. The SMILES string of the molecule is CN1C[C@H](F)C[C@H]1COc1nc(N2CC3CCC(C2)N3)c2cc(Cl)c(-c3ccc(F)c4sc(N)c(C#N)c34)c(F)c2n1. The van der Waals surface area contributed by atoms with Crippen LogP contribution in [0.4, 0.5) is 24.0 Å². The zero-order valence-electron chi connectivity index (χ0n) is 22.6. The third-order valence-electron chi connectivity index (χ3n) is 8.60. The quantitative estimate of drug-likeness (QED) is 0.314. The fraction of sp³-hybridized carbons (Fsp3) is 0.414. The largest absolute Gasteiger partial charge is 0.462 e. The molecule has 3 fully saturated rings. The number of nitrogens with two attached hydrogens (primary N) is 1. The van der Waals surface area contributed by atoms with E-state index in [4.69, 9.17) is 27.1 Å². The minimum absolute atomic E-state index is 0.0115. The highest BCUT2D eigenvalue weighted by Crippen LogP contribution is 2.46. The molecule has 13 heteroatoms. The standard InChI is InChI=1S/C29H27ClF3N7OS/c1-39-9-13(31)6-16(39)12-41-29-37-25-18(28(38-29)40-10-14-2-3-15(11-40)36-14)7-20(30)23(24(25)33)17-4-5-21(32)26-22(17)19(8-34)27(35)42-26/h4-5,7,13-16,36H,2-3,6,9-12,35H2,1H3/t13-,14?,15?,16+/m1/s1. The predicted octanol–water partition coefficient (Wildman–Crippen LogP) is 5.26. The molecular weight excluding hydrogens is 587 g/mol. The number of hydrogen-bond donors (Lipinski definition) is 2. The van der Waals surface area contributed by atoms with E-state index in [2.05, 4.69) is 15.2 Å². The van der Waals surface area contributed by atoms with Gasteiger partial charge in [-0.2, -0.15) is 15.2 Å². The van der Waals surface area contributed by atoms with Gasteiger partial charge in [-0.05, 0) is 44.0 Å². The lowest BCUT2D eigenvalue weighted by atomic mass is 9.97. The number of nitrogen functional groups attached to an aromatic ring is 1. The number of hydrogen-bond acceptors (Lipinski definition) is 9. The van der Waals surface area contributed by atoms with Crippen molar-refractivity contribution in [2.45, 2.75) is 43.6 Å². The van der Waals surface area contributed by atoms with Crippen molar-refractivity contribution in [1.82, 2.24) is 20.2 Å². The van der Waals surface area contributed by atoms with E-state index in [0.717, 1.165) is 24.2 Å². The number of thiophene rings is 1. The molecule has 4 atom stereocenters. The van der Waals surface area contributed by atoms with Crippen molar-refractivity contribution in [3.63, 3.8) is 0 Å². The van der Waals surface area contributed by atoms with Crippen LogP contribution in [0.1, 0.15) is 24.8 Å². The summed E-state index contributed by atoms with van der Waals surface area (Å²) in [6.07, 6.45) is 1.47. The summed E-state index contributed by atoms with van der Waals surface area (Å²) in [6, 6.07) is 6.64. The van der Waals surface area contributed by atoms with Gasteiger partial charge in [-0.1, -0.05) is 17.7 Å². The van der Waals surface area contributed by atoms with Crippen molar-refractivity contribution in [2.24, 2.45) is 0 Å². The summed E-state index contributed by atoms with van der Waals surface area (Å²) >= 11 is 7.71. The normalized spacial score (nSPS) is 24.1. The van der Waals surface area contributed by atoms with Crippen molar-refractivity contribution in [2.75, 3.05) is 43.9 Å². The second-order valence-electron chi connectivity index (χ2n) is 11.3. The lowest BCUT2D eigenvalue weighted by Crippen LogP contribution is -2.51. The van der Waals surface area contributed by atoms with Gasteiger partial charge in [-0.3, -0.25) is 4.90 Å². The van der Waals surface area contributed by atoms with E-state index in [0.29, 0.717) is 37.3 Å². The fourth-order valence-corrected chi connectivity index (χ4v) is 7.81. The highest BCUT2D eigenvalue weighted by Gasteiger charge is 2.35. The summed E-state index contributed by atoms with van der Waals surface area (Å²) < 4.78 is 51.6. The van der Waals surface area contributed by atoms with Crippen LogP contribution in [0.2, 0.25) is 5.02 Å². The molecule has 0 saturated carbocycles. The number of likely N-dealkylation sites (N-methyl/N-ethyl adjacent to an activating group) is 1. The Morgan fingerprint density at radius 2 is 1.98 bits per heavy atom. The molecule has 0 amide bonds. The van der Waals surface area contributed by atoms with Crippen LogP contribution >= 0.6 is 22.9 Å². The molecule has 218 valence electrons. The van der Waals surface area contributed by atoms with E-state index in [1.165, 1.54) is 12.1 Å². The molecule has 2 aromatic carbocycles. The van der Waals surface area contributed by atoms with Crippen molar-refractivity contribution in [3.05, 3.63) is 40.4 Å². The lowest BCUT2D eigenvalue weighted by molar-refractivity contribution is 0.188. The molecule has 2 aromatic heterocycles. The van der Waals surface area contributed by atoms with Gasteiger partial charge in [0.15, 0.2) is 5.82 Å². The molecule has 3 N–H and O–H groups in total. The first-order valence-electron chi connectivity index (χ1n) is 13.8. The monoisotopic (exact) mass is 613 g/mol. The smallest absolute Gasteiger partial charge is 0.319 e. The first kappa shape index (κ1) is 27.5. The Balaban J connectivity index is 1.39. The molecule has 2 bridgehead atoms. The van der Waals surface area contributed by atoms with Gasteiger partial charge >= 0.3 is 6.01 Å². The highest BCUT2D eigenvalue weighted by molar-refractivity contribution is 7.23. The van der Waals surface area contributed by atoms with Crippen molar-refractivity contribution < 1.29 is 17.9 Å². The number of nitrogens with one attached hydrogen (secondary N) is 1. The Kier molecular flexibility index (Phi) is 6.81. The second-order valence-corrected chi connectivity index (χ2v) is 12.8. The molecule has 3 aliphatic rings. The average Bonchev–Trinajstić information content (AvgIpc) is 3.60. The predicted molar refractivity (Wildman–Crippen MR) is 158 cm³/mol. The number of ether oxygens (including phenoxy) is 1. The average molecular weight is 614 g/mol. The van der Waals surface area contributed by atoms with Gasteiger partial charge in [0.1, 0.15) is 41.0 Å². The van der Waals surface area contributed by atoms with Crippen molar-refractivity contribution in [1.29, 1.82) is 5.26 Å². The number of rotatable bonds is 5. The molecular formula is C29H27ClF3N7OS. The van der Waals surface area contributed by atoms with Gasteiger partial charge in [0.05, 0.1) is 15.3 Å². The molecule has 0 radical (unpaired) electrons. The number of alkyl halides is 1.